The molecule has 0 saturated heterocycles. The average Bonchev–Trinajstić information content (AvgIpc) is 2.68. The normalized spacial score (nSPS) is 13.2. The number of thiazole rings is 1. The summed E-state index contributed by atoms with van der Waals surface area (Å²) in [5, 5.41) is 4.40. The fourth-order valence-corrected chi connectivity index (χ4v) is 2.53. The Kier molecular flexibility index (Phi) is 3.51. The molecule has 0 radical (unpaired) electrons. The van der Waals surface area contributed by atoms with E-state index < -0.39 is 0 Å². The van der Waals surface area contributed by atoms with Crippen molar-refractivity contribution in [2.45, 2.75) is 26.3 Å². The highest BCUT2D eigenvalue weighted by molar-refractivity contribution is 7.18. The molecule has 2 aromatic rings. The van der Waals surface area contributed by atoms with Crippen LogP contribution in [0.4, 0.5) is 4.39 Å². The number of hydrogen-bond donors (Lipinski definition) is 1. The Morgan fingerprint density at radius 2 is 2.31 bits per heavy atom. The van der Waals surface area contributed by atoms with E-state index in [4.69, 9.17) is 0 Å². The summed E-state index contributed by atoms with van der Waals surface area (Å²) in [6.07, 6.45) is 1.10. The molecule has 0 fully saturated rings. The predicted octanol–water partition coefficient (Wildman–Crippen LogP) is 3.50. The van der Waals surface area contributed by atoms with Gasteiger partial charge in [-0.1, -0.05) is 6.92 Å². The third-order valence-electron chi connectivity index (χ3n) is 2.44. The standard InChI is InChI=1S/C12H15FN2S/c1-3-6-14-8(2)12-15-10-7-9(13)4-5-11(10)16-12/h4-5,7-8,14H,3,6H2,1-2H3. The predicted molar refractivity (Wildman–Crippen MR) is 66.3 cm³/mol. The van der Waals surface area contributed by atoms with Crippen LogP contribution >= 0.6 is 11.3 Å². The van der Waals surface area contributed by atoms with E-state index in [9.17, 15) is 4.39 Å². The molecular formula is C12H15FN2S. The summed E-state index contributed by atoms with van der Waals surface area (Å²) in [7, 11) is 0. The Morgan fingerprint density at radius 3 is 3.06 bits per heavy atom. The molecule has 2 rings (SSSR count). The molecule has 1 atom stereocenters. The van der Waals surface area contributed by atoms with Crippen molar-refractivity contribution in [1.29, 1.82) is 0 Å². The van der Waals surface area contributed by atoms with E-state index in [0.29, 0.717) is 0 Å². The van der Waals surface area contributed by atoms with E-state index in [1.54, 1.807) is 17.4 Å². The molecule has 1 aromatic heterocycles. The van der Waals surface area contributed by atoms with Crippen LogP contribution in [-0.4, -0.2) is 11.5 Å². The highest BCUT2D eigenvalue weighted by Gasteiger charge is 2.10. The van der Waals surface area contributed by atoms with Gasteiger partial charge in [0.1, 0.15) is 10.8 Å². The first-order chi connectivity index (χ1) is 7.70. The summed E-state index contributed by atoms with van der Waals surface area (Å²) < 4.78 is 14.0. The molecule has 1 aromatic carbocycles. The summed E-state index contributed by atoms with van der Waals surface area (Å²) in [5.41, 5.74) is 0.755. The fraction of sp³-hybridized carbons (Fsp3) is 0.417. The van der Waals surface area contributed by atoms with Gasteiger partial charge in [-0.25, -0.2) is 9.37 Å². The lowest BCUT2D eigenvalue weighted by Crippen LogP contribution is -2.18. The molecule has 2 nitrogen and oxygen atoms in total. The van der Waals surface area contributed by atoms with Crippen LogP contribution in [-0.2, 0) is 0 Å². The molecule has 1 heterocycles. The Balaban J connectivity index is 2.25. The minimum Gasteiger partial charge on any atom is -0.308 e. The zero-order valence-electron chi connectivity index (χ0n) is 9.46. The first kappa shape index (κ1) is 11.5. The summed E-state index contributed by atoms with van der Waals surface area (Å²) in [6.45, 7) is 5.20. The number of rotatable bonds is 4. The maximum atomic E-state index is 13.0. The topological polar surface area (TPSA) is 24.9 Å². The maximum absolute atomic E-state index is 13.0. The Bertz CT molecular complexity index is 481. The molecule has 0 aliphatic heterocycles. The molecule has 16 heavy (non-hydrogen) atoms. The smallest absolute Gasteiger partial charge is 0.125 e. The van der Waals surface area contributed by atoms with Crippen molar-refractivity contribution >= 4 is 21.6 Å². The highest BCUT2D eigenvalue weighted by atomic mass is 32.1. The van der Waals surface area contributed by atoms with Crippen molar-refractivity contribution in [3.63, 3.8) is 0 Å². The highest BCUT2D eigenvalue weighted by Crippen LogP contribution is 2.26. The minimum atomic E-state index is -0.224. The van der Waals surface area contributed by atoms with E-state index in [-0.39, 0.29) is 11.9 Å². The summed E-state index contributed by atoms with van der Waals surface area (Å²) in [4.78, 5) is 4.44. The van der Waals surface area contributed by atoms with Crippen LogP contribution in [0.2, 0.25) is 0 Å². The number of fused-ring (bicyclic) bond motifs is 1. The van der Waals surface area contributed by atoms with Crippen molar-refractivity contribution in [1.82, 2.24) is 10.3 Å². The number of nitrogens with zero attached hydrogens (tertiary/aromatic N) is 1. The van der Waals surface area contributed by atoms with Crippen molar-refractivity contribution < 1.29 is 4.39 Å². The summed E-state index contributed by atoms with van der Waals surface area (Å²) >= 11 is 1.62. The zero-order valence-corrected chi connectivity index (χ0v) is 10.3. The van der Waals surface area contributed by atoms with Crippen LogP contribution in [0.3, 0.4) is 0 Å². The van der Waals surface area contributed by atoms with Gasteiger partial charge in [-0.15, -0.1) is 11.3 Å². The maximum Gasteiger partial charge on any atom is 0.125 e. The van der Waals surface area contributed by atoms with E-state index in [2.05, 4.69) is 24.1 Å². The van der Waals surface area contributed by atoms with Crippen molar-refractivity contribution in [3.8, 4) is 0 Å². The molecule has 0 amide bonds. The molecule has 0 spiro atoms. The third kappa shape index (κ3) is 2.39. The monoisotopic (exact) mass is 238 g/mol. The number of aromatic nitrogens is 1. The van der Waals surface area contributed by atoms with Crippen LogP contribution in [0.25, 0.3) is 10.2 Å². The van der Waals surface area contributed by atoms with Gasteiger partial charge in [-0.3, -0.25) is 0 Å². The van der Waals surface area contributed by atoms with Crippen LogP contribution in [0.5, 0.6) is 0 Å². The fourth-order valence-electron chi connectivity index (χ4n) is 1.55. The van der Waals surface area contributed by atoms with Crippen molar-refractivity contribution in [2.75, 3.05) is 6.54 Å². The van der Waals surface area contributed by atoms with Crippen LogP contribution in [0, 0.1) is 5.82 Å². The van der Waals surface area contributed by atoms with Gasteiger partial charge >= 0.3 is 0 Å². The van der Waals surface area contributed by atoms with Gasteiger partial charge in [-0.2, -0.15) is 0 Å². The molecular weight excluding hydrogens is 223 g/mol. The number of benzene rings is 1. The first-order valence-corrected chi connectivity index (χ1v) is 6.31. The van der Waals surface area contributed by atoms with Gasteiger partial charge in [0.2, 0.25) is 0 Å². The van der Waals surface area contributed by atoms with Gasteiger partial charge < -0.3 is 5.32 Å². The van der Waals surface area contributed by atoms with Crippen molar-refractivity contribution in [2.24, 2.45) is 0 Å². The second-order valence-electron chi connectivity index (χ2n) is 3.84. The molecule has 4 heteroatoms. The van der Waals surface area contributed by atoms with Gasteiger partial charge in [-0.05, 0) is 32.0 Å². The largest absolute Gasteiger partial charge is 0.308 e. The second-order valence-corrected chi connectivity index (χ2v) is 4.90. The second kappa shape index (κ2) is 4.89. The van der Waals surface area contributed by atoms with Crippen LogP contribution in [0.1, 0.15) is 31.3 Å². The van der Waals surface area contributed by atoms with Gasteiger partial charge in [0.05, 0.1) is 16.3 Å². The average molecular weight is 238 g/mol. The lowest BCUT2D eigenvalue weighted by Gasteiger charge is -2.08. The van der Waals surface area contributed by atoms with E-state index in [0.717, 1.165) is 28.2 Å². The van der Waals surface area contributed by atoms with Gasteiger partial charge in [0.25, 0.3) is 0 Å². The molecule has 1 unspecified atom stereocenters. The lowest BCUT2D eigenvalue weighted by molar-refractivity contribution is 0.569. The van der Waals surface area contributed by atoms with Crippen molar-refractivity contribution in [3.05, 3.63) is 29.0 Å². The minimum absolute atomic E-state index is 0.224. The molecule has 86 valence electrons. The zero-order chi connectivity index (χ0) is 11.5. The third-order valence-corrected chi connectivity index (χ3v) is 3.66. The SMILES string of the molecule is CCCNC(C)c1nc2cc(F)ccc2s1. The summed E-state index contributed by atoms with van der Waals surface area (Å²) in [5.74, 6) is -0.224. The molecule has 0 saturated carbocycles. The lowest BCUT2D eigenvalue weighted by atomic mass is 10.3. The number of nitrogens with one attached hydrogen (secondary N) is 1. The molecule has 1 N–H and O–H groups in total. The van der Waals surface area contributed by atoms with E-state index in [1.165, 1.54) is 12.1 Å². The molecule has 0 bridgehead atoms. The Labute approximate surface area is 98.5 Å². The van der Waals surface area contributed by atoms with Crippen LogP contribution in [0.15, 0.2) is 18.2 Å². The molecule has 0 aliphatic rings. The molecule has 0 aliphatic carbocycles. The number of hydrogen-bond acceptors (Lipinski definition) is 3. The first-order valence-electron chi connectivity index (χ1n) is 5.50. The Morgan fingerprint density at radius 1 is 1.50 bits per heavy atom. The summed E-state index contributed by atoms with van der Waals surface area (Å²) in [6, 6.07) is 5.00. The van der Waals surface area contributed by atoms with Gasteiger partial charge in [0, 0.05) is 6.07 Å². The van der Waals surface area contributed by atoms with Crippen LogP contribution < -0.4 is 5.32 Å². The quantitative estimate of drug-likeness (QED) is 0.882. The van der Waals surface area contributed by atoms with E-state index in [1.807, 2.05) is 0 Å². The number of halogens is 1. The van der Waals surface area contributed by atoms with E-state index >= 15 is 0 Å². The Hall–Kier alpha value is -1.00. The van der Waals surface area contributed by atoms with Gasteiger partial charge in [0.15, 0.2) is 0 Å².